The van der Waals surface area contributed by atoms with Crippen molar-refractivity contribution >= 4 is 5.91 Å². The summed E-state index contributed by atoms with van der Waals surface area (Å²) in [6, 6.07) is 0. The fraction of sp³-hybridized carbons (Fsp3) is 0.933. The molecule has 0 radical (unpaired) electrons. The van der Waals surface area contributed by atoms with Crippen LogP contribution in [0.5, 0.6) is 0 Å². The first-order valence-corrected chi connectivity index (χ1v) is 8.47. The van der Waals surface area contributed by atoms with Gasteiger partial charge < -0.3 is 50.8 Å². The Balaban J connectivity index is 3.62. The predicted octanol–water partition coefficient (Wildman–Crippen LogP) is -4.06. The van der Waals surface area contributed by atoms with Gasteiger partial charge in [0, 0.05) is 19.5 Å². The van der Waals surface area contributed by atoms with E-state index in [-0.39, 0.29) is 19.6 Å². The maximum atomic E-state index is 11.6. The second-order valence-corrected chi connectivity index (χ2v) is 5.48. The minimum atomic E-state index is -1.73. The highest BCUT2D eigenvalue weighted by atomic mass is 16.5. The first-order chi connectivity index (χ1) is 12.4. The third-order valence-corrected chi connectivity index (χ3v) is 3.31. The average molecular weight is 384 g/mol. The molecule has 0 bridgehead atoms. The highest BCUT2D eigenvalue weighted by Crippen LogP contribution is 2.04. The van der Waals surface area contributed by atoms with E-state index in [1.165, 1.54) is 0 Å². The predicted molar refractivity (Wildman–Crippen MR) is 90.3 cm³/mol. The SMILES string of the molecule is NCCOCCOCCOCCC(=O)NC[C@H](O)[C@@H](O)[C@H](O)[C@H](O)CO. The van der Waals surface area contributed by atoms with Gasteiger partial charge in [-0.1, -0.05) is 0 Å². The smallest absolute Gasteiger partial charge is 0.222 e. The third-order valence-electron chi connectivity index (χ3n) is 3.31. The molecule has 0 aromatic carbocycles. The minimum absolute atomic E-state index is 0.0459. The van der Waals surface area contributed by atoms with E-state index in [1.807, 2.05) is 0 Å². The summed E-state index contributed by atoms with van der Waals surface area (Å²) in [5, 5.41) is 48.9. The summed E-state index contributed by atoms with van der Waals surface area (Å²) in [7, 11) is 0. The number of hydrogen-bond acceptors (Lipinski definition) is 10. The van der Waals surface area contributed by atoms with E-state index in [0.29, 0.717) is 39.6 Å². The van der Waals surface area contributed by atoms with Crippen LogP contribution in [0.15, 0.2) is 0 Å². The summed E-state index contributed by atoms with van der Waals surface area (Å²) >= 11 is 0. The Hall–Kier alpha value is -0.890. The summed E-state index contributed by atoms with van der Waals surface area (Å²) in [6.45, 7) is 1.59. The van der Waals surface area contributed by atoms with Crippen LogP contribution in [0.2, 0.25) is 0 Å². The van der Waals surface area contributed by atoms with Gasteiger partial charge in [0.25, 0.3) is 0 Å². The van der Waals surface area contributed by atoms with Crippen LogP contribution in [-0.2, 0) is 19.0 Å². The molecule has 0 rings (SSSR count). The van der Waals surface area contributed by atoms with Crippen molar-refractivity contribution in [3.8, 4) is 0 Å². The average Bonchev–Trinajstić information content (AvgIpc) is 2.65. The van der Waals surface area contributed by atoms with Crippen LogP contribution in [0, 0.1) is 0 Å². The summed E-state index contributed by atoms with van der Waals surface area (Å²) in [5.41, 5.74) is 5.26. The number of ether oxygens (including phenoxy) is 3. The zero-order valence-corrected chi connectivity index (χ0v) is 14.8. The van der Waals surface area contributed by atoms with E-state index in [9.17, 15) is 25.2 Å². The summed E-state index contributed by atoms with van der Waals surface area (Å²) in [5.74, 6) is -0.412. The number of aliphatic hydroxyl groups is 5. The maximum absolute atomic E-state index is 11.6. The maximum Gasteiger partial charge on any atom is 0.222 e. The lowest BCUT2D eigenvalue weighted by Crippen LogP contribution is -2.49. The second-order valence-electron chi connectivity index (χ2n) is 5.48. The van der Waals surface area contributed by atoms with E-state index in [1.54, 1.807) is 0 Å². The molecule has 26 heavy (non-hydrogen) atoms. The zero-order chi connectivity index (χ0) is 19.8. The van der Waals surface area contributed by atoms with Gasteiger partial charge in [0.15, 0.2) is 0 Å². The molecule has 11 nitrogen and oxygen atoms in total. The minimum Gasteiger partial charge on any atom is -0.394 e. The number of carbonyl (C=O) groups is 1. The molecule has 0 aliphatic heterocycles. The highest BCUT2D eigenvalue weighted by Gasteiger charge is 2.30. The van der Waals surface area contributed by atoms with Crippen molar-refractivity contribution in [2.45, 2.75) is 30.8 Å². The van der Waals surface area contributed by atoms with Gasteiger partial charge in [-0.05, 0) is 0 Å². The van der Waals surface area contributed by atoms with E-state index in [2.05, 4.69) is 5.32 Å². The lowest BCUT2D eigenvalue weighted by molar-refractivity contribution is -0.127. The number of nitrogens with two attached hydrogens (primary N) is 1. The standard InChI is InChI=1S/C15H32N2O9/c16-2-4-25-6-8-26-7-5-24-3-1-13(21)17-9-11(19)14(22)15(23)12(20)10-18/h11-12,14-15,18-20,22-23H,1-10,16H2,(H,17,21)/t11-,12+,14+,15+/m0/s1. The molecule has 0 aromatic rings. The fourth-order valence-corrected chi connectivity index (χ4v) is 1.78. The van der Waals surface area contributed by atoms with E-state index >= 15 is 0 Å². The number of amides is 1. The second kappa shape index (κ2) is 16.3. The van der Waals surface area contributed by atoms with Crippen molar-refractivity contribution in [1.82, 2.24) is 5.32 Å². The van der Waals surface area contributed by atoms with Crippen LogP contribution >= 0.6 is 0 Å². The Labute approximate surface area is 152 Å². The molecule has 0 aromatic heterocycles. The van der Waals surface area contributed by atoms with Gasteiger partial charge in [-0.3, -0.25) is 4.79 Å². The van der Waals surface area contributed by atoms with Crippen molar-refractivity contribution in [2.75, 3.05) is 59.3 Å². The lowest BCUT2D eigenvalue weighted by atomic mass is 10.0. The van der Waals surface area contributed by atoms with Gasteiger partial charge in [0.1, 0.15) is 18.3 Å². The molecule has 0 heterocycles. The Morgan fingerprint density at radius 2 is 1.35 bits per heavy atom. The molecule has 4 atom stereocenters. The molecule has 0 unspecified atom stereocenters. The largest absolute Gasteiger partial charge is 0.394 e. The van der Waals surface area contributed by atoms with Crippen molar-refractivity contribution in [1.29, 1.82) is 0 Å². The summed E-state index contributed by atoms with van der Waals surface area (Å²) < 4.78 is 15.6. The third kappa shape index (κ3) is 12.5. The van der Waals surface area contributed by atoms with E-state index < -0.39 is 36.9 Å². The van der Waals surface area contributed by atoms with Crippen LogP contribution in [-0.4, -0.2) is 115 Å². The van der Waals surface area contributed by atoms with E-state index in [4.69, 9.17) is 25.1 Å². The number of carbonyl (C=O) groups excluding carboxylic acids is 1. The number of hydrogen-bond donors (Lipinski definition) is 7. The van der Waals surface area contributed by atoms with Crippen molar-refractivity contribution in [3.05, 3.63) is 0 Å². The molecule has 0 saturated carbocycles. The quantitative estimate of drug-likeness (QED) is 0.122. The first-order valence-electron chi connectivity index (χ1n) is 8.47. The topological polar surface area (TPSA) is 184 Å². The lowest BCUT2D eigenvalue weighted by Gasteiger charge is -2.25. The molecule has 1 amide bonds. The van der Waals surface area contributed by atoms with Crippen LogP contribution in [0.1, 0.15) is 6.42 Å². The fourth-order valence-electron chi connectivity index (χ4n) is 1.78. The van der Waals surface area contributed by atoms with Gasteiger partial charge in [0.2, 0.25) is 5.91 Å². The first kappa shape index (κ1) is 25.1. The Kier molecular flexibility index (Phi) is 15.7. The molecular weight excluding hydrogens is 352 g/mol. The molecule has 156 valence electrons. The number of aliphatic hydroxyl groups excluding tert-OH is 5. The molecule has 0 spiro atoms. The van der Waals surface area contributed by atoms with Crippen LogP contribution in [0.4, 0.5) is 0 Å². The van der Waals surface area contributed by atoms with Crippen LogP contribution < -0.4 is 11.1 Å². The van der Waals surface area contributed by atoms with Gasteiger partial charge in [-0.15, -0.1) is 0 Å². The molecule has 11 heteroatoms. The molecule has 8 N–H and O–H groups in total. The summed E-state index contributed by atoms with van der Waals surface area (Å²) in [6.07, 6.45) is -6.47. The van der Waals surface area contributed by atoms with Crippen LogP contribution in [0.3, 0.4) is 0 Å². The molecule has 0 saturated heterocycles. The van der Waals surface area contributed by atoms with Gasteiger partial charge >= 0.3 is 0 Å². The van der Waals surface area contributed by atoms with Crippen LogP contribution in [0.25, 0.3) is 0 Å². The van der Waals surface area contributed by atoms with E-state index in [0.717, 1.165) is 0 Å². The zero-order valence-electron chi connectivity index (χ0n) is 14.8. The summed E-state index contributed by atoms with van der Waals surface area (Å²) in [4.78, 5) is 11.6. The van der Waals surface area contributed by atoms with Crippen molar-refractivity contribution in [3.63, 3.8) is 0 Å². The molecular formula is C15H32N2O9. The van der Waals surface area contributed by atoms with Gasteiger partial charge in [-0.25, -0.2) is 0 Å². The monoisotopic (exact) mass is 384 g/mol. The Bertz CT molecular complexity index is 349. The Morgan fingerprint density at radius 1 is 0.846 bits per heavy atom. The number of rotatable bonds is 17. The van der Waals surface area contributed by atoms with Gasteiger partial charge in [-0.2, -0.15) is 0 Å². The van der Waals surface area contributed by atoms with Crippen molar-refractivity contribution in [2.24, 2.45) is 5.73 Å². The Morgan fingerprint density at radius 3 is 1.88 bits per heavy atom. The normalized spacial score (nSPS) is 16.1. The highest BCUT2D eigenvalue weighted by molar-refractivity contribution is 5.75. The molecule has 0 aliphatic carbocycles. The number of nitrogens with one attached hydrogen (secondary N) is 1. The molecule has 0 fully saturated rings. The molecule has 0 aliphatic rings. The van der Waals surface area contributed by atoms with Crippen molar-refractivity contribution < 1.29 is 44.5 Å². The van der Waals surface area contributed by atoms with Gasteiger partial charge in [0.05, 0.1) is 52.4 Å².